The van der Waals surface area contributed by atoms with Gasteiger partial charge in [0.1, 0.15) is 5.69 Å². The number of benzene rings is 1. The largest absolute Gasteiger partial charge is 0.337 e. The topological polar surface area (TPSA) is 41.4 Å². The van der Waals surface area contributed by atoms with Crippen LogP contribution in [0, 0.1) is 0 Å². The Morgan fingerprint density at radius 2 is 1.59 bits per heavy atom. The molecule has 2 aliphatic heterocycles. The van der Waals surface area contributed by atoms with Gasteiger partial charge >= 0.3 is 0 Å². The molecule has 136 valence electrons. The summed E-state index contributed by atoms with van der Waals surface area (Å²) in [4.78, 5) is 21.8. The van der Waals surface area contributed by atoms with Crippen LogP contribution in [0.5, 0.6) is 0 Å². The highest BCUT2D eigenvalue weighted by Gasteiger charge is 2.44. The van der Waals surface area contributed by atoms with E-state index >= 15 is 0 Å². The van der Waals surface area contributed by atoms with Crippen molar-refractivity contribution in [1.29, 1.82) is 0 Å². The molecule has 0 unspecified atom stereocenters. The minimum atomic E-state index is 0.135. The molecule has 0 radical (unpaired) electrons. The van der Waals surface area contributed by atoms with E-state index in [4.69, 9.17) is 0 Å². The maximum absolute atomic E-state index is 13.2. The summed E-state index contributed by atoms with van der Waals surface area (Å²) in [5.74, 6) is 0.135. The number of carbonyl (C=O) groups is 1. The molecule has 0 aliphatic carbocycles. The standard InChI is InChI=1S/C22H22N4O/c27-22-19-7-4-12-25(19)20-15-24(13-18-8-10-23-11-9-18)16-21(20)26(22)14-17-5-2-1-3-6-17/h1-12,20-21H,13-16H2/t20-,21+/m1/s1. The van der Waals surface area contributed by atoms with E-state index in [1.54, 1.807) is 0 Å². The molecule has 3 aromatic rings. The fraction of sp³-hybridized carbons (Fsp3) is 0.273. The van der Waals surface area contributed by atoms with Crippen LogP contribution in [-0.2, 0) is 13.1 Å². The normalized spacial score (nSPS) is 21.9. The Labute approximate surface area is 158 Å². The average molecular weight is 358 g/mol. The molecule has 1 saturated heterocycles. The molecule has 0 N–H and O–H groups in total. The quantitative estimate of drug-likeness (QED) is 0.720. The number of nitrogens with zero attached hydrogens (tertiary/aromatic N) is 4. The number of hydrogen-bond donors (Lipinski definition) is 0. The summed E-state index contributed by atoms with van der Waals surface area (Å²) in [7, 11) is 0. The Morgan fingerprint density at radius 1 is 0.852 bits per heavy atom. The Balaban J connectivity index is 1.44. The summed E-state index contributed by atoms with van der Waals surface area (Å²) in [5, 5.41) is 0. The summed E-state index contributed by atoms with van der Waals surface area (Å²) in [6.45, 7) is 3.39. The van der Waals surface area contributed by atoms with Gasteiger partial charge in [0.25, 0.3) is 5.91 Å². The minimum absolute atomic E-state index is 0.135. The number of pyridine rings is 1. The number of fused-ring (bicyclic) bond motifs is 3. The molecule has 1 fully saturated rings. The predicted octanol–water partition coefficient (Wildman–Crippen LogP) is 2.96. The lowest BCUT2D eigenvalue weighted by Crippen LogP contribution is -2.49. The molecule has 2 atom stereocenters. The first-order chi connectivity index (χ1) is 13.3. The third-order valence-corrected chi connectivity index (χ3v) is 5.70. The van der Waals surface area contributed by atoms with Gasteiger partial charge in [-0.3, -0.25) is 14.7 Å². The van der Waals surface area contributed by atoms with Crippen molar-refractivity contribution in [2.45, 2.75) is 25.2 Å². The zero-order valence-electron chi connectivity index (χ0n) is 15.1. The summed E-state index contributed by atoms with van der Waals surface area (Å²) in [5.41, 5.74) is 3.24. The summed E-state index contributed by atoms with van der Waals surface area (Å²) in [6, 6.07) is 18.8. The predicted molar refractivity (Wildman–Crippen MR) is 103 cm³/mol. The van der Waals surface area contributed by atoms with Crippen LogP contribution in [0.2, 0.25) is 0 Å². The highest BCUT2D eigenvalue weighted by atomic mass is 16.2. The van der Waals surface area contributed by atoms with Crippen molar-refractivity contribution in [3.8, 4) is 0 Å². The summed E-state index contributed by atoms with van der Waals surface area (Å²) >= 11 is 0. The van der Waals surface area contributed by atoms with Crippen molar-refractivity contribution in [2.24, 2.45) is 0 Å². The van der Waals surface area contributed by atoms with Gasteiger partial charge in [-0.25, -0.2) is 0 Å². The molecule has 1 aromatic carbocycles. The van der Waals surface area contributed by atoms with E-state index in [2.05, 4.69) is 49.8 Å². The highest BCUT2D eigenvalue weighted by Crippen LogP contribution is 2.35. The summed E-state index contributed by atoms with van der Waals surface area (Å²) < 4.78 is 2.18. The molecule has 0 saturated carbocycles. The van der Waals surface area contributed by atoms with Crippen molar-refractivity contribution in [3.63, 3.8) is 0 Å². The van der Waals surface area contributed by atoms with E-state index in [0.717, 1.165) is 25.3 Å². The molecular formula is C22H22N4O. The molecule has 0 bridgehead atoms. The second-order valence-corrected chi connectivity index (χ2v) is 7.40. The van der Waals surface area contributed by atoms with Crippen LogP contribution >= 0.6 is 0 Å². The van der Waals surface area contributed by atoms with Gasteiger partial charge in [-0.1, -0.05) is 30.3 Å². The van der Waals surface area contributed by atoms with E-state index in [-0.39, 0.29) is 11.9 Å². The SMILES string of the molecule is O=C1c2cccn2[C@@H]2CN(Cc3ccncc3)C[C@@H]2N1Cc1ccccc1. The lowest BCUT2D eigenvalue weighted by atomic mass is 10.0. The zero-order valence-corrected chi connectivity index (χ0v) is 15.1. The van der Waals surface area contributed by atoms with E-state index in [9.17, 15) is 4.79 Å². The van der Waals surface area contributed by atoms with Gasteiger partial charge in [-0.15, -0.1) is 0 Å². The Bertz CT molecular complexity index is 937. The van der Waals surface area contributed by atoms with Gasteiger partial charge in [0.05, 0.1) is 12.1 Å². The van der Waals surface area contributed by atoms with Crippen molar-refractivity contribution in [3.05, 3.63) is 90.0 Å². The number of likely N-dealkylation sites (tertiary alicyclic amines) is 1. The van der Waals surface area contributed by atoms with Crippen LogP contribution < -0.4 is 0 Å². The molecule has 5 heteroatoms. The van der Waals surface area contributed by atoms with E-state index in [0.29, 0.717) is 12.6 Å². The second-order valence-electron chi connectivity index (χ2n) is 7.40. The first kappa shape index (κ1) is 16.3. The van der Waals surface area contributed by atoms with E-state index < -0.39 is 0 Å². The molecule has 4 heterocycles. The first-order valence-electron chi connectivity index (χ1n) is 9.42. The second kappa shape index (κ2) is 6.67. The molecule has 27 heavy (non-hydrogen) atoms. The maximum Gasteiger partial charge on any atom is 0.271 e. The minimum Gasteiger partial charge on any atom is -0.337 e. The zero-order chi connectivity index (χ0) is 18.2. The third-order valence-electron chi connectivity index (χ3n) is 5.70. The molecule has 2 aromatic heterocycles. The van der Waals surface area contributed by atoms with Crippen LogP contribution in [0.15, 0.2) is 73.2 Å². The van der Waals surface area contributed by atoms with Gasteiger partial charge in [-0.05, 0) is 35.4 Å². The maximum atomic E-state index is 13.2. The smallest absolute Gasteiger partial charge is 0.271 e. The first-order valence-corrected chi connectivity index (χ1v) is 9.42. The highest BCUT2D eigenvalue weighted by molar-refractivity contribution is 5.94. The number of hydrogen-bond acceptors (Lipinski definition) is 3. The van der Waals surface area contributed by atoms with Crippen molar-refractivity contribution in [2.75, 3.05) is 13.1 Å². The van der Waals surface area contributed by atoms with Crippen LogP contribution in [0.4, 0.5) is 0 Å². The third kappa shape index (κ3) is 2.94. The summed E-state index contributed by atoms with van der Waals surface area (Å²) in [6.07, 6.45) is 5.74. The van der Waals surface area contributed by atoms with Crippen molar-refractivity contribution >= 4 is 5.91 Å². The van der Waals surface area contributed by atoms with Crippen molar-refractivity contribution < 1.29 is 4.79 Å². The van der Waals surface area contributed by atoms with E-state index in [1.807, 2.05) is 42.7 Å². The van der Waals surface area contributed by atoms with Crippen molar-refractivity contribution in [1.82, 2.24) is 19.4 Å². The monoisotopic (exact) mass is 358 g/mol. The lowest BCUT2D eigenvalue weighted by molar-refractivity contribution is 0.0556. The molecule has 0 spiro atoms. The van der Waals surface area contributed by atoms with Gasteiger partial charge in [0, 0.05) is 44.8 Å². The van der Waals surface area contributed by atoms with Crippen LogP contribution in [-0.4, -0.2) is 44.4 Å². The fourth-order valence-corrected chi connectivity index (χ4v) is 4.43. The van der Waals surface area contributed by atoms with Gasteiger partial charge in [-0.2, -0.15) is 0 Å². The van der Waals surface area contributed by atoms with Crippen LogP contribution in [0.25, 0.3) is 0 Å². The number of rotatable bonds is 4. The molecular weight excluding hydrogens is 336 g/mol. The number of aromatic nitrogens is 2. The fourth-order valence-electron chi connectivity index (χ4n) is 4.43. The molecule has 1 amide bonds. The van der Waals surface area contributed by atoms with E-state index in [1.165, 1.54) is 11.1 Å². The van der Waals surface area contributed by atoms with Gasteiger partial charge in [0.15, 0.2) is 0 Å². The number of carbonyl (C=O) groups excluding carboxylic acids is 1. The lowest BCUT2D eigenvalue weighted by Gasteiger charge is -2.38. The van der Waals surface area contributed by atoms with Crippen LogP contribution in [0.1, 0.15) is 27.7 Å². The Hall–Kier alpha value is -2.92. The van der Waals surface area contributed by atoms with Gasteiger partial charge in [0.2, 0.25) is 0 Å². The Kier molecular flexibility index (Phi) is 4.02. The molecule has 5 rings (SSSR count). The van der Waals surface area contributed by atoms with Gasteiger partial charge < -0.3 is 9.47 Å². The molecule has 5 nitrogen and oxygen atoms in total. The number of amides is 1. The van der Waals surface area contributed by atoms with Crippen LogP contribution in [0.3, 0.4) is 0 Å². The average Bonchev–Trinajstić information content (AvgIpc) is 3.34. The molecule has 2 aliphatic rings. The Morgan fingerprint density at radius 3 is 2.41 bits per heavy atom.